The summed E-state index contributed by atoms with van der Waals surface area (Å²) in [5.41, 5.74) is 7.05. The number of carbonyl (C=O) groups excluding carboxylic acids is 2. The van der Waals surface area contributed by atoms with Gasteiger partial charge in [0.2, 0.25) is 5.91 Å². The minimum absolute atomic E-state index is 0.0836. The zero-order valence-electron chi connectivity index (χ0n) is 11.6. The number of aromatic nitrogens is 1. The molecule has 6 nitrogen and oxygen atoms in total. The van der Waals surface area contributed by atoms with Gasteiger partial charge in [-0.3, -0.25) is 9.59 Å². The maximum Gasteiger partial charge on any atom is 0.271 e. The van der Waals surface area contributed by atoms with E-state index in [0.717, 1.165) is 25.7 Å². The molecule has 0 bridgehead atoms. The first kappa shape index (κ1) is 13.0. The van der Waals surface area contributed by atoms with E-state index in [0.29, 0.717) is 24.0 Å². The third-order valence-electron chi connectivity index (χ3n) is 4.09. The Morgan fingerprint density at radius 3 is 2.75 bits per heavy atom. The van der Waals surface area contributed by atoms with Gasteiger partial charge < -0.3 is 20.5 Å². The van der Waals surface area contributed by atoms with Crippen LogP contribution in [0.2, 0.25) is 0 Å². The highest BCUT2D eigenvalue weighted by molar-refractivity contribution is 5.97. The zero-order valence-corrected chi connectivity index (χ0v) is 11.6. The van der Waals surface area contributed by atoms with E-state index in [2.05, 4.69) is 5.32 Å². The van der Waals surface area contributed by atoms with Gasteiger partial charge in [0.15, 0.2) is 0 Å². The summed E-state index contributed by atoms with van der Waals surface area (Å²) in [6.07, 6.45) is 5.60. The topological polar surface area (TPSA) is 80.4 Å². The van der Waals surface area contributed by atoms with E-state index in [-0.39, 0.29) is 17.9 Å². The van der Waals surface area contributed by atoms with Gasteiger partial charge in [-0.1, -0.05) is 0 Å². The van der Waals surface area contributed by atoms with E-state index in [1.807, 2.05) is 10.8 Å². The molecule has 1 atom stereocenters. The fraction of sp³-hybridized carbons (Fsp3) is 0.571. The van der Waals surface area contributed by atoms with Crippen LogP contribution in [0.4, 0.5) is 5.69 Å². The largest absolute Gasteiger partial charge is 0.397 e. The zero-order chi connectivity index (χ0) is 14.3. The lowest BCUT2D eigenvalue weighted by Crippen LogP contribution is -2.45. The number of likely N-dealkylation sites (tertiary alicyclic amines) is 1. The van der Waals surface area contributed by atoms with E-state index in [1.165, 1.54) is 0 Å². The van der Waals surface area contributed by atoms with E-state index >= 15 is 0 Å². The molecule has 20 heavy (non-hydrogen) atoms. The Hall–Kier alpha value is -1.98. The van der Waals surface area contributed by atoms with Crippen molar-refractivity contribution in [1.82, 2.24) is 14.8 Å². The molecule has 1 aromatic rings. The van der Waals surface area contributed by atoms with Crippen LogP contribution in [0.15, 0.2) is 12.3 Å². The van der Waals surface area contributed by atoms with Crippen LogP contribution in [-0.4, -0.2) is 40.9 Å². The predicted octanol–water partition coefficient (Wildman–Crippen LogP) is 0.756. The van der Waals surface area contributed by atoms with Gasteiger partial charge in [-0.05, 0) is 31.7 Å². The van der Waals surface area contributed by atoms with Crippen molar-refractivity contribution < 1.29 is 9.59 Å². The molecule has 0 spiro atoms. The molecule has 6 heteroatoms. The number of carbonyl (C=O) groups is 2. The van der Waals surface area contributed by atoms with Crippen molar-refractivity contribution in [2.75, 3.05) is 19.3 Å². The molecule has 1 saturated carbocycles. The molecule has 1 saturated heterocycles. The van der Waals surface area contributed by atoms with Gasteiger partial charge in [-0.15, -0.1) is 0 Å². The average Bonchev–Trinajstić information content (AvgIpc) is 3.03. The predicted molar refractivity (Wildman–Crippen MR) is 75.2 cm³/mol. The quantitative estimate of drug-likeness (QED) is 0.855. The number of hydrogen-bond acceptors (Lipinski definition) is 3. The van der Waals surface area contributed by atoms with Crippen LogP contribution in [0.25, 0.3) is 0 Å². The Bertz CT molecular complexity index is 547. The van der Waals surface area contributed by atoms with Crippen LogP contribution in [0.1, 0.15) is 42.2 Å². The van der Waals surface area contributed by atoms with Crippen LogP contribution in [0, 0.1) is 0 Å². The van der Waals surface area contributed by atoms with Gasteiger partial charge in [0.05, 0.1) is 5.69 Å². The monoisotopic (exact) mass is 276 g/mol. The minimum Gasteiger partial charge on any atom is -0.397 e. The van der Waals surface area contributed by atoms with Crippen molar-refractivity contribution in [2.45, 2.75) is 37.8 Å². The average molecular weight is 276 g/mol. The number of rotatable bonds is 3. The number of hydrogen-bond donors (Lipinski definition) is 2. The highest BCUT2D eigenvalue weighted by Crippen LogP contribution is 2.37. The van der Waals surface area contributed by atoms with E-state index in [1.54, 1.807) is 18.0 Å². The van der Waals surface area contributed by atoms with Gasteiger partial charge in [0, 0.05) is 25.8 Å². The highest BCUT2D eigenvalue weighted by Gasteiger charge is 2.36. The van der Waals surface area contributed by atoms with Crippen molar-refractivity contribution in [3.8, 4) is 0 Å². The molecule has 2 heterocycles. The summed E-state index contributed by atoms with van der Waals surface area (Å²) in [6.45, 7) is 0.632. The second-order valence-corrected chi connectivity index (χ2v) is 5.57. The lowest BCUT2D eigenvalue weighted by atomic mass is 10.2. The van der Waals surface area contributed by atoms with Crippen LogP contribution in [0.5, 0.6) is 0 Å². The molecule has 2 fully saturated rings. The van der Waals surface area contributed by atoms with Crippen LogP contribution in [0.3, 0.4) is 0 Å². The molecular formula is C14H20N4O2. The van der Waals surface area contributed by atoms with Gasteiger partial charge in [0.25, 0.3) is 5.91 Å². The first-order valence-corrected chi connectivity index (χ1v) is 7.11. The van der Waals surface area contributed by atoms with Crippen LogP contribution >= 0.6 is 0 Å². The summed E-state index contributed by atoms with van der Waals surface area (Å²) in [6, 6.07) is 1.77. The maximum atomic E-state index is 12.7. The summed E-state index contributed by atoms with van der Waals surface area (Å²) in [5.74, 6) is -0.173. The number of anilines is 1. The van der Waals surface area contributed by atoms with Crippen molar-refractivity contribution in [2.24, 2.45) is 0 Å². The molecule has 0 aromatic carbocycles. The smallest absolute Gasteiger partial charge is 0.271 e. The summed E-state index contributed by atoms with van der Waals surface area (Å²) in [5, 5.41) is 2.63. The van der Waals surface area contributed by atoms with Crippen molar-refractivity contribution in [1.29, 1.82) is 0 Å². The molecule has 1 aliphatic carbocycles. The molecular weight excluding hydrogens is 256 g/mol. The van der Waals surface area contributed by atoms with Gasteiger partial charge in [0.1, 0.15) is 11.7 Å². The molecule has 0 radical (unpaired) electrons. The van der Waals surface area contributed by atoms with Gasteiger partial charge >= 0.3 is 0 Å². The third kappa shape index (κ3) is 2.15. The summed E-state index contributed by atoms with van der Waals surface area (Å²) >= 11 is 0. The highest BCUT2D eigenvalue weighted by atomic mass is 16.2. The van der Waals surface area contributed by atoms with E-state index < -0.39 is 0 Å². The Morgan fingerprint density at radius 2 is 2.10 bits per heavy atom. The Labute approximate surface area is 117 Å². The maximum absolute atomic E-state index is 12.7. The van der Waals surface area contributed by atoms with E-state index in [4.69, 9.17) is 5.73 Å². The number of amides is 2. The van der Waals surface area contributed by atoms with Crippen molar-refractivity contribution in [3.63, 3.8) is 0 Å². The lowest BCUT2D eigenvalue weighted by molar-refractivity contribution is -0.124. The van der Waals surface area contributed by atoms with Gasteiger partial charge in [-0.25, -0.2) is 0 Å². The number of nitrogens with one attached hydrogen (secondary N) is 1. The summed E-state index contributed by atoms with van der Waals surface area (Å²) < 4.78 is 1.97. The molecule has 108 valence electrons. The number of nitrogens with zero attached hydrogens (tertiary/aromatic N) is 2. The normalized spacial score (nSPS) is 22.1. The van der Waals surface area contributed by atoms with E-state index in [9.17, 15) is 9.59 Å². The minimum atomic E-state index is -0.351. The van der Waals surface area contributed by atoms with Crippen molar-refractivity contribution in [3.05, 3.63) is 18.0 Å². The molecule has 2 aliphatic rings. The summed E-state index contributed by atoms with van der Waals surface area (Å²) in [4.78, 5) is 26.2. The second-order valence-electron chi connectivity index (χ2n) is 5.57. The SMILES string of the molecule is CNC(=O)C1CCCN1C(=O)c1cc(N)cn1C1CC1. The lowest BCUT2D eigenvalue weighted by Gasteiger charge is -2.23. The van der Waals surface area contributed by atoms with Gasteiger partial charge in [-0.2, -0.15) is 0 Å². The third-order valence-corrected chi connectivity index (χ3v) is 4.09. The molecule has 2 amide bonds. The van der Waals surface area contributed by atoms with Crippen LogP contribution in [-0.2, 0) is 4.79 Å². The second kappa shape index (κ2) is 4.85. The first-order valence-electron chi connectivity index (χ1n) is 7.11. The number of nitrogens with two attached hydrogens (primary N) is 1. The first-order chi connectivity index (χ1) is 9.61. The standard InChI is InChI=1S/C14H20N4O2/c1-16-13(19)11-3-2-6-17(11)14(20)12-7-9(15)8-18(12)10-4-5-10/h7-8,10-11H,2-6,15H2,1H3,(H,16,19). The molecule has 1 unspecified atom stereocenters. The Balaban J connectivity index is 1.86. The van der Waals surface area contributed by atoms with Crippen LogP contribution < -0.4 is 11.1 Å². The Morgan fingerprint density at radius 1 is 1.35 bits per heavy atom. The molecule has 1 aromatic heterocycles. The number of likely N-dealkylation sites (N-methyl/N-ethyl adjacent to an activating group) is 1. The Kier molecular flexibility index (Phi) is 3.16. The fourth-order valence-corrected chi connectivity index (χ4v) is 2.92. The number of nitrogen functional groups attached to an aromatic ring is 1. The fourth-order valence-electron chi connectivity index (χ4n) is 2.92. The molecule has 1 aliphatic heterocycles. The van der Waals surface area contributed by atoms with Crippen molar-refractivity contribution >= 4 is 17.5 Å². The molecule has 3 rings (SSSR count). The summed E-state index contributed by atoms with van der Waals surface area (Å²) in [7, 11) is 1.61. The molecule has 3 N–H and O–H groups in total.